The number of rotatable bonds is 6. The maximum atomic E-state index is 13.6. The number of aliphatic hydroxyl groups excluding tert-OH is 1. The van der Waals surface area contributed by atoms with E-state index in [1.54, 1.807) is 42.3 Å². The van der Waals surface area contributed by atoms with E-state index in [1.165, 1.54) is 6.26 Å². The highest BCUT2D eigenvalue weighted by atomic mass is 16.5. The lowest BCUT2D eigenvalue weighted by Gasteiger charge is -2.35. The molecule has 1 amide bonds. The Balaban J connectivity index is 1.53. The second-order valence-electron chi connectivity index (χ2n) is 8.46. The second-order valence-corrected chi connectivity index (χ2v) is 8.46. The largest absolute Gasteiger partial charge is 0.503 e. The molecule has 34 heavy (non-hydrogen) atoms. The zero-order valence-electron chi connectivity index (χ0n) is 18.7. The Morgan fingerprint density at radius 2 is 1.79 bits per heavy atom. The number of piperidine rings is 1. The molecule has 1 aromatic heterocycles. The Hall–Kier alpha value is -3.91. The SMILES string of the molecule is COc1ccc(C(=O)C2=C(O)C(=O)N(c3ccc(-c4ccon4)cc3)C2C2CCNCC2)cc1. The van der Waals surface area contributed by atoms with Crippen molar-refractivity contribution in [3.05, 3.63) is 77.8 Å². The fourth-order valence-electron chi connectivity index (χ4n) is 4.80. The highest BCUT2D eigenvalue weighted by Gasteiger charge is 2.47. The lowest BCUT2D eigenvalue weighted by Crippen LogP contribution is -2.45. The van der Waals surface area contributed by atoms with E-state index in [0.29, 0.717) is 22.7 Å². The van der Waals surface area contributed by atoms with E-state index in [0.717, 1.165) is 31.5 Å². The molecule has 2 N–H and O–H groups in total. The molecule has 1 unspecified atom stereocenters. The maximum absolute atomic E-state index is 13.6. The number of anilines is 1. The first kappa shape index (κ1) is 21.9. The summed E-state index contributed by atoms with van der Waals surface area (Å²) in [6.07, 6.45) is 3.08. The summed E-state index contributed by atoms with van der Waals surface area (Å²) < 4.78 is 10.1. The summed E-state index contributed by atoms with van der Waals surface area (Å²) in [6, 6.07) is 15.2. The van der Waals surface area contributed by atoms with E-state index in [1.807, 2.05) is 24.3 Å². The number of aliphatic hydroxyl groups is 1. The minimum absolute atomic E-state index is 0.0299. The third kappa shape index (κ3) is 3.86. The highest BCUT2D eigenvalue weighted by Crippen LogP contribution is 2.39. The molecule has 1 saturated heterocycles. The molecule has 0 spiro atoms. The number of methoxy groups -OCH3 is 1. The Kier molecular flexibility index (Phi) is 5.90. The van der Waals surface area contributed by atoms with Gasteiger partial charge in [-0.1, -0.05) is 17.3 Å². The first-order chi connectivity index (χ1) is 16.6. The fourth-order valence-corrected chi connectivity index (χ4v) is 4.80. The van der Waals surface area contributed by atoms with Gasteiger partial charge < -0.3 is 19.7 Å². The summed E-state index contributed by atoms with van der Waals surface area (Å²) in [5.41, 5.74) is 2.70. The molecule has 2 aromatic carbocycles. The second kappa shape index (κ2) is 9.15. The van der Waals surface area contributed by atoms with Crippen molar-refractivity contribution in [1.82, 2.24) is 10.5 Å². The molecule has 8 nitrogen and oxygen atoms in total. The van der Waals surface area contributed by atoms with Gasteiger partial charge in [-0.05, 0) is 68.2 Å². The predicted molar refractivity (Wildman–Crippen MR) is 126 cm³/mol. The van der Waals surface area contributed by atoms with Crippen molar-refractivity contribution < 1.29 is 24.0 Å². The van der Waals surface area contributed by atoms with Crippen molar-refractivity contribution in [2.75, 3.05) is 25.1 Å². The molecule has 0 bridgehead atoms. The van der Waals surface area contributed by atoms with Crippen LogP contribution in [0.2, 0.25) is 0 Å². The van der Waals surface area contributed by atoms with Crippen LogP contribution in [0.4, 0.5) is 5.69 Å². The standard InChI is InChI=1S/C26H25N3O5/c1-33-20-8-4-18(5-9-20)24(30)22-23(17-10-13-27-14-11-17)29(26(32)25(22)31)19-6-2-16(3-7-19)21-12-15-34-28-21/h2-9,12,15,17,23,27,31H,10-11,13-14H2,1H3. The molecule has 174 valence electrons. The Bertz CT molecular complexity index is 1210. The van der Waals surface area contributed by atoms with E-state index in [9.17, 15) is 14.7 Å². The average molecular weight is 460 g/mol. The van der Waals surface area contributed by atoms with Crippen molar-refractivity contribution in [1.29, 1.82) is 0 Å². The highest BCUT2D eigenvalue weighted by molar-refractivity contribution is 6.20. The van der Waals surface area contributed by atoms with Crippen molar-refractivity contribution in [2.24, 2.45) is 5.92 Å². The Morgan fingerprint density at radius 3 is 2.41 bits per heavy atom. The third-order valence-electron chi connectivity index (χ3n) is 6.56. The first-order valence-electron chi connectivity index (χ1n) is 11.3. The zero-order chi connectivity index (χ0) is 23.7. The van der Waals surface area contributed by atoms with Crippen LogP contribution in [0.15, 0.2) is 76.7 Å². The summed E-state index contributed by atoms with van der Waals surface area (Å²) in [5.74, 6) is -0.735. The molecule has 1 fully saturated rings. The van der Waals surface area contributed by atoms with Crippen LogP contribution in [0.3, 0.4) is 0 Å². The topological polar surface area (TPSA) is 105 Å². The van der Waals surface area contributed by atoms with Crippen molar-refractivity contribution in [3.8, 4) is 17.0 Å². The smallest absolute Gasteiger partial charge is 0.294 e. The number of carbonyl (C=O) groups excluding carboxylic acids is 2. The van der Waals surface area contributed by atoms with Gasteiger partial charge in [-0.2, -0.15) is 0 Å². The molecular formula is C26H25N3O5. The maximum Gasteiger partial charge on any atom is 0.294 e. The van der Waals surface area contributed by atoms with E-state index < -0.39 is 17.7 Å². The number of amides is 1. The summed E-state index contributed by atoms with van der Waals surface area (Å²) in [4.78, 5) is 28.5. The van der Waals surface area contributed by atoms with Crippen molar-refractivity contribution in [2.45, 2.75) is 18.9 Å². The van der Waals surface area contributed by atoms with Crippen LogP contribution in [-0.2, 0) is 4.79 Å². The van der Waals surface area contributed by atoms with Gasteiger partial charge in [0.15, 0.2) is 11.5 Å². The minimum Gasteiger partial charge on any atom is -0.503 e. The van der Waals surface area contributed by atoms with Crippen LogP contribution < -0.4 is 15.0 Å². The minimum atomic E-state index is -0.561. The van der Waals surface area contributed by atoms with Gasteiger partial charge in [0.2, 0.25) is 0 Å². The first-order valence-corrected chi connectivity index (χ1v) is 11.3. The monoisotopic (exact) mass is 459 g/mol. The average Bonchev–Trinajstić information content (AvgIpc) is 3.52. The molecule has 8 heteroatoms. The van der Waals surface area contributed by atoms with Crippen LogP contribution in [0.5, 0.6) is 5.75 Å². The van der Waals surface area contributed by atoms with Crippen LogP contribution in [-0.4, -0.2) is 48.2 Å². The fraction of sp³-hybridized carbons (Fsp3) is 0.269. The molecular weight excluding hydrogens is 434 g/mol. The lowest BCUT2D eigenvalue weighted by atomic mass is 9.83. The Morgan fingerprint density at radius 1 is 1.09 bits per heavy atom. The molecule has 0 aliphatic carbocycles. The lowest BCUT2D eigenvalue weighted by molar-refractivity contribution is -0.117. The van der Waals surface area contributed by atoms with E-state index in [2.05, 4.69) is 10.5 Å². The number of hydrogen-bond acceptors (Lipinski definition) is 7. The summed E-state index contributed by atoms with van der Waals surface area (Å²) in [6.45, 7) is 1.58. The number of carbonyl (C=O) groups is 2. The van der Waals surface area contributed by atoms with Gasteiger partial charge in [-0.15, -0.1) is 0 Å². The molecule has 0 saturated carbocycles. The van der Waals surface area contributed by atoms with Gasteiger partial charge in [0.25, 0.3) is 5.91 Å². The summed E-state index contributed by atoms with van der Waals surface area (Å²) in [7, 11) is 1.56. The van der Waals surface area contributed by atoms with Gasteiger partial charge in [0, 0.05) is 22.9 Å². The number of ketones is 1. The number of aromatic nitrogens is 1. The summed E-state index contributed by atoms with van der Waals surface area (Å²) in [5, 5.41) is 18.2. The third-order valence-corrected chi connectivity index (χ3v) is 6.56. The molecule has 3 aromatic rings. The Labute approximate surface area is 196 Å². The van der Waals surface area contributed by atoms with Crippen LogP contribution >= 0.6 is 0 Å². The quantitative estimate of drug-likeness (QED) is 0.541. The van der Waals surface area contributed by atoms with Gasteiger partial charge in [0.1, 0.15) is 17.7 Å². The number of nitrogens with one attached hydrogen (secondary N) is 1. The number of benzene rings is 2. The van der Waals surface area contributed by atoms with Crippen molar-refractivity contribution >= 4 is 17.4 Å². The van der Waals surface area contributed by atoms with Gasteiger partial charge >= 0.3 is 0 Å². The van der Waals surface area contributed by atoms with Crippen LogP contribution in [0.25, 0.3) is 11.3 Å². The van der Waals surface area contributed by atoms with Crippen LogP contribution in [0, 0.1) is 5.92 Å². The van der Waals surface area contributed by atoms with Gasteiger partial charge in [0.05, 0.1) is 18.7 Å². The molecule has 1 atom stereocenters. The molecule has 5 rings (SSSR count). The van der Waals surface area contributed by atoms with Gasteiger partial charge in [-0.25, -0.2) is 0 Å². The van der Waals surface area contributed by atoms with Crippen LogP contribution in [0.1, 0.15) is 23.2 Å². The zero-order valence-corrected chi connectivity index (χ0v) is 18.7. The number of hydrogen-bond donors (Lipinski definition) is 2. The summed E-state index contributed by atoms with van der Waals surface area (Å²) >= 11 is 0. The molecule has 0 radical (unpaired) electrons. The van der Waals surface area contributed by atoms with Gasteiger partial charge in [-0.3, -0.25) is 14.5 Å². The molecule has 2 aliphatic heterocycles. The number of ether oxygens (including phenoxy) is 1. The predicted octanol–water partition coefficient (Wildman–Crippen LogP) is 3.76. The molecule has 3 heterocycles. The van der Waals surface area contributed by atoms with E-state index in [-0.39, 0.29) is 17.3 Å². The number of nitrogens with zero attached hydrogens (tertiary/aromatic N) is 2. The van der Waals surface area contributed by atoms with E-state index in [4.69, 9.17) is 9.26 Å². The van der Waals surface area contributed by atoms with E-state index >= 15 is 0 Å². The van der Waals surface area contributed by atoms with Crippen molar-refractivity contribution in [3.63, 3.8) is 0 Å². The number of Topliss-reactive ketones (excluding diaryl/α,β-unsaturated/α-hetero) is 1. The molecule has 2 aliphatic rings. The normalized spacial score (nSPS) is 19.0.